The molecule has 6 heteroatoms. The average molecular weight is 247 g/mol. The molecule has 0 atom stereocenters. The van der Waals surface area contributed by atoms with Crippen molar-refractivity contribution < 1.29 is 4.79 Å². The van der Waals surface area contributed by atoms with E-state index in [1.54, 1.807) is 23.4 Å². The molecule has 0 bridgehead atoms. The second-order valence-corrected chi connectivity index (χ2v) is 4.16. The first-order valence-corrected chi connectivity index (χ1v) is 5.96. The van der Waals surface area contributed by atoms with Crippen LogP contribution in [0.4, 0.5) is 0 Å². The molecule has 0 aliphatic heterocycles. The number of carbonyl (C=O) groups excluding carboxylic acids is 1. The van der Waals surface area contributed by atoms with E-state index in [1.165, 1.54) is 0 Å². The van der Waals surface area contributed by atoms with Crippen molar-refractivity contribution in [3.63, 3.8) is 0 Å². The lowest BCUT2D eigenvalue weighted by Crippen LogP contribution is -2.29. The first-order chi connectivity index (χ1) is 8.74. The maximum Gasteiger partial charge on any atom is 0.241 e. The van der Waals surface area contributed by atoms with Crippen LogP contribution in [0.5, 0.6) is 0 Å². The Hall–Kier alpha value is -2.11. The van der Waals surface area contributed by atoms with Crippen LogP contribution in [0.15, 0.2) is 31.0 Å². The van der Waals surface area contributed by atoms with E-state index in [2.05, 4.69) is 15.4 Å². The molecule has 0 fully saturated rings. The van der Waals surface area contributed by atoms with Gasteiger partial charge in [0, 0.05) is 31.7 Å². The van der Waals surface area contributed by atoms with Crippen LogP contribution < -0.4 is 5.32 Å². The summed E-state index contributed by atoms with van der Waals surface area (Å²) in [6.07, 6.45) is 8.13. The van der Waals surface area contributed by atoms with Crippen molar-refractivity contribution >= 4 is 5.91 Å². The van der Waals surface area contributed by atoms with Crippen LogP contribution in [-0.4, -0.2) is 31.8 Å². The number of hydrogen-bond acceptors (Lipinski definition) is 3. The van der Waals surface area contributed by atoms with Crippen molar-refractivity contribution in [3.8, 4) is 0 Å². The van der Waals surface area contributed by atoms with Gasteiger partial charge >= 0.3 is 0 Å². The van der Waals surface area contributed by atoms with E-state index in [0.717, 1.165) is 18.7 Å². The average Bonchev–Trinajstić information content (AvgIpc) is 2.96. The molecule has 18 heavy (non-hydrogen) atoms. The summed E-state index contributed by atoms with van der Waals surface area (Å²) in [6.45, 7) is 3.71. The highest BCUT2D eigenvalue weighted by Gasteiger charge is 2.02. The highest BCUT2D eigenvalue weighted by Crippen LogP contribution is 1.93. The number of carbonyl (C=O) groups is 1. The molecule has 0 radical (unpaired) electrons. The Bertz CT molecular complexity index is 488. The fourth-order valence-corrected chi connectivity index (χ4v) is 1.66. The lowest BCUT2D eigenvalue weighted by Gasteiger charge is -2.05. The van der Waals surface area contributed by atoms with Crippen molar-refractivity contribution in [2.24, 2.45) is 0 Å². The van der Waals surface area contributed by atoms with Crippen molar-refractivity contribution in [1.29, 1.82) is 0 Å². The molecular weight excluding hydrogens is 230 g/mol. The Morgan fingerprint density at radius 3 is 3.00 bits per heavy atom. The van der Waals surface area contributed by atoms with E-state index in [4.69, 9.17) is 0 Å². The molecule has 0 saturated heterocycles. The number of nitrogens with zero attached hydrogens (tertiary/aromatic N) is 4. The van der Waals surface area contributed by atoms with E-state index < -0.39 is 0 Å². The van der Waals surface area contributed by atoms with Crippen LogP contribution in [-0.2, 0) is 17.9 Å². The summed E-state index contributed by atoms with van der Waals surface area (Å²) in [5, 5.41) is 7.03. The molecule has 96 valence electrons. The Morgan fingerprint density at radius 2 is 2.33 bits per heavy atom. The molecular formula is C12H17N5O. The third-order valence-electron chi connectivity index (χ3n) is 2.55. The van der Waals surface area contributed by atoms with Crippen molar-refractivity contribution in [1.82, 2.24) is 24.6 Å². The van der Waals surface area contributed by atoms with Crippen LogP contribution in [0.3, 0.4) is 0 Å². The molecule has 1 N–H and O–H groups in total. The molecule has 2 rings (SSSR count). The smallest absolute Gasteiger partial charge is 0.241 e. The lowest BCUT2D eigenvalue weighted by atomic mass is 10.4. The second kappa shape index (κ2) is 6.00. The molecule has 0 spiro atoms. The predicted molar refractivity (Wildman–Crippen MR) is 66.8 cm³/mol. The molecule has 2 aromatic rings. The summed E-state index contributed by atoms with van der Waals surface area (Å²) in [4.78, 5) is 15.6. The number of imidazole rings is 1. The molecule has 0 aliphatic rings. The van der Waals surface area contributed by atoms with Crippen molar-refractivity contribution in [3.05, 3.63) is 36.7 Å². The van der Waals surface area contributed by atoms with Crippen LogP contribution in [0, 0.1) is 6.92 Å². The molecule has 2 aromatic heterocycles. The molecule has 0 aromatic carbocycles. The van der Waals surface area contributed by atoms with Gasteiger partial charge in [-0.15, -0.1) is 0 Å². The van der Waals surface area contributed by atoms with Gasteiger partial charge in [-0.2, -0.15) is 5.10 Å². The lowest BCUT2D eigenvalue weighted by molar-refractivity contribution is -0.121. The largest absolute Gasteiger partial charge is 0.354 e. The van der Waals surface area contributed by atoms with Gasteiger partial charge in [0.1, 0.15) is 6.54 Å². The molecule has 2 heterocycles. The van der Waals surface area contributed by atoms with Gasteiger partial charge in [-0.25, -0.2) is 4.98 Å². The van der Waals surface area contributed by atoms with Gasteiger partial charge in [-0.1, -0.05) is 0 Å². The summed E-state index contributed by atoms with van der Waals surface area (Å²) in [7, 11) is 0. The summed E-state index contributed by atoms with van der Waals surface area (Å²) in [6, 6.07) is 1.88. The topological polar surface area (TPSA) is 64.7 Å². The minimum atomic E-state index is -0.0104. The fraction of sp³-hybridized carbons (Fsp3) is 0.417. The normalized spacial score (nSPS) is 10.5. The third kappa shape index (κ3) is 3.73. The number of amides is 1. The zero-order valence-corrected chi connectivity index (χ0v) is 10.4. The summed E-state index contributed by atoms with van der Waals surface area (Å²) >= 11 is 0. The van der Waals surface area contributed by atoms with Gasteiger partial charge in [-0.3, -0.25) is 9.48 Å². The standard InChI is InChI=1S/C12H17N5O/c1-11-3-7-17(15-11)9-12(18)14-4-2-6-16-8-5-13-10-16/h3,5,7-8,10H,2,4,6,9H2,1H3,(H,14,18). The third-order valence-corrected chi connectivity index (χ3v) is 2.55. The van der Waals surface area contributed by atoms with Gasteiger partial charge in [-0.05, 0) is 19.4 Å². The van der Waals surface area contributed by atoms with Gasteiger partial charge in [0.2, 0.25) is 5.91 Å². The molecule has 0 aliphatic carbocycles. The van der Waals surface area contributed by atoms with E-state index in [1.807, 2.05) is 23.8 Å². The Morgan fingerprint density at radius 1 is 1.44 bits per heavy atom. The minimum absolute atomic E-state index is 0.0104. The first kappa shape index (κ1) is 12.3. The van der Waals surface area contributed by atoms with Crippen molar-refractivity contribution in [2.45, 2.75) is 26.4 Å². The Balaban J connectivity index is 1.63. The summed E-state index contributed by atoms with van der Waals surface area (Å²) in [5.41, 5.74) is 0.919. The number of nitrogens with one attached hydrogen (secondary N) is 1. The number of aromatic nitrogens is 4. The van der Waals surface area contributed by atoms with Crippen LogP contribution in [0.25, 0.3) is 0 Å². The number of aryl methyl sites for hydroxylation is 2. The predicted octanol–water partition coefficient (Wildman–Crippen LogP) is 0.595. The van der Waals surface area contributed by atoms with E-state index in [0.29, 0.717) is 6.54 Å². The quantitative estimate of drug-likeness (QED) is 0.760. The summed E-state index contributed by atoms with van der Waals surface area (Å²) in [5.74, 6) is -0.0104. The summed E-state index contributed by atoms with van der Waals surface area (Å²) < 4.78 is 3.63. The van der Waals surface area contributed by atoms with Gasteiger partial charge in [0.15, 0.2) is 0 Å². The maximum absolute atomic E-state index is 11.6. The van der Waals surface area contributed by atoms with E-state index >= 15 is 0 Å². The number of rotatable bonds is 6. The van der Waals surface area contributed by atoms with Gasteiger partial charge < -0.3 is 9.88 Å². The Labute approximate surface area is 106 Å². The SMILES string of the molecule is Cc1ccn(CC(=O)NCCCn2ccnc2)n1. The van der Waals surface area contributed by atoms with Crippen molar-refractivity contribution in [2.75, 3.05) is 6.54 Å². The molecule has 0 saturated carbocycles. The van der Waals surface area contributed by atoms with E-state index in [9.17, 15) is 4.79 Å². The van der Waals surface area contributed by atoms with Gasteiger partial charge in [0.05, 0.1) is 12.0 Å². The zero-order chi connectivity index (χ0) is 12.8. The highest BCUT2D eigenvalue weighted by atomic mass is 16.2. The van der Waals surface area contributed by atoms with Crippen LogP contribution >= 0.6 is 0 Å². The monoisotopic (exact) mass is 247 g/mol. The fourth-order valence-electron chi connectivity index (χ4n) is 1.66. The molecule has 1 amide bonds. The Kier molecular flexibility index (Phi) is 4.11. The van der Waals surface area contributed by atoms with Gasteiger partial charge in [0.25, 0.3) is 0 Å². The number of hydrogen-bond donors (Lipinski definition) is 1. The minimum Gasteiger partial charge on any atom is -0.354 e. The highest BCUT2D eigenvalue weighted by molar-refractivity contribution is 5.75. The van der Waals surface area contributed by atoms with E-state index in [-0.39, 0.29) is 12.5 Å². The van der Waals surface area contributed by atoms with Crippen LogP contribution in [0.1, 0.15) is 12.1 Å². The molecule has 0 unspecified atom stereocenters. The first-order valence-electron chi connectivity index (χ1n) is 5.96. The maximum atomic E-state index is 11.6. The van der Waals surface area contributed by atoms with Crippen LogP contribution in [0.2, 0.25) is 0 Å². The zero-order valence-electron chi connectivity index (χ0n) is 10.4. The second-order valence-electron chi connectivity index (χ2n) is 4.16. The molecule has 6 nitrogen and oxygen atoms in total.